The summed E-state index contributed by atoms with van der Waals surface area (Å²) in [4.78, 5) is 6.00. The van der Waals surface area contributed by atoms with E-state index in [0.29, 0.717) is 0 Å². The molecule has 8 rings (SSSR count). The van der Waals surface area contributed by atoms with Gasteiger partial charge in [-0.25, -0.2) is 4.84 Å². The lowest BCUT2D eigenvalue weighted by atomic mass is 9.12. The summed E-state index contributed by atoms with van der Waals surface area (Å²) in [5.74, 6) is 0.811. The largest absolute Gasteiger partial charge is 0.416 e. The smallest absolute Gasteiger partial charge is 0.231 e. The molecule has 0 saturated heterocycles. The van der Waals surface area contributed by atoms with E-state index in [1.165, 1.54) is 11.1 Å². The Balaban J connectivity index is 0.000000329. The third-order valence-electron chi connectivity index (χ3n) is 12.3. The Morgan fingerprint density at radius 2 is 0.537 bits per heavy atom. The fourth-order valence-corrected chi connectivity index (χ4v) is 8.74. The summed E-state index contributed by atoms with van der Waals surface area (Å²) >= 11 is 0. The van der Waals surface area contributed by atoms with Crippen LogP contribution in [0.5, 0.6) is 5.75 Å². The van der Waals surface area contributed by atoms with Crippen LogP contribution in [0.4, 0.5) is 105 Å². The summed E-state index contributed by atoms with van der Waals surface area (Å²) in [5, 5.41) is 1.15. The van der Waals surface area contributed by atoms with Crippen LogP contribution in [0.3, 0.4) is 0 Å². The molecule has 0 aliphatic heterocycles. The second kappa shape index (κ2) is 21.0. The molecule has 0 aliphatic carbocycles. The van der Waals surface area contributed by atoms with Gasteiger partial charge >= 0.3 is 49.4 Å². The van der Waals surface area contributed by atoms with Crippen LogP contribution in [-0.4, -0.2) is 6.15 Å². The molecule has 8 aromatic rings. The van der Waals surface area contributed by atoms with E-state index in [2.05, 4.69) is 36.4 Å². The Labute approximate surface area is 434 Å². The number of aromatic nitrogens is 1. The van der Waals surface area contributed by atoms with Gasteiger partial charge in [-0.3, -0.25) is 0 Å². The first-order chi connectivity index (χ1) is 36.7. The Morgan fingerprint density at radius 1 is 0.275 bits per heavy atom. The Hall–Kier alpha value is -7.87. The molecule has 422 valence electrons. The molecule has 7 aromatic carbocycles. The fourth-order valence-electron chi connectivity index (χ4n) is 8.74. The van der Waals surface area contributed by atoms with E-state index < -0.39 is 195 Å². The number of nitrogens with zero attached hydrogens (tertiary/aromatic N) is 1. The van der Waals surface area contributed by atoms with Crippen LogP contribution in [-0.2, 0) is 49.4 Å². The predicted molar refractivity (Wildman–Crippen MR) is 242 cm³/mol. The summed E-state index contributed by atoms with van der Waals surface area (Å²) < 4.78 is 343. The Kier molecular flexibility index (Phi) is 15.7. The number of pyridine rings is 1. The van der Waals surface area contributed by atoms with Crippen LogP contribution in [0.25, 0.3) is 22.0 Å². The van der Waals surface area contributed by atoms with E-state index in [1.54, 1.807) is 4.73 Å². The second-order valence-electron chi connectivity index (χ2n) is 17.6. The van der Waals surface area contributed by atoms with E-state index in [1.807, 2.05) is 60.8 Å². The summed E-state index contributed by atoms with van der Waals surface area (Å²) in [5.41, 5.74) is -26.8. The third-order valence-corrected chi connectivity index (χ3v) is 12.3. The highest BCUT2D eigenvalue weighted by molar-refractivity contribution is 7.20. The molecule has 0 radical (unpaired) electrons. The molecule has 80 heavy (non-hydrogen) atoms. The summed E-state index contributed by atoms with van der Waals surface area (Å²) in [6.45, 7) is 0. The van der Waals surface area contributed by atoms with E-state index in [0.717, 1.165) is 16.7 Å². The van der Waals surface area contributed by atoms with Gasteiger partial charge in [-0.2, -0.15) is 127 Å². The molecule has 0 N–H and O–H groups in total. The minimum atomic E-state index is -6.13. The molecule has 2 nitrogen and oxygen atoms in total. The molecule has 0 spiro atoms. The van der Waals surface area contributed by atoms with Gasteiger partial charge in [0, 0.05) is 16.9 Å². The van der Waals surface area contributed by atoms with Gasteiger partial charge in [0.25, 0.3) is 5.52 Å². The average molecular weight is 1160 g/mol. The highest BCUT2D eigenvalue weighted by atomic mass is 19.4. The zero-order valence-electron chi connectivity index (χ0n) is 39.2. The number of rotatable bonds is 7. The molecule has 0 saturated carbocycles. The van der Waals surface area contributed by atoms with Crippen molar-refractivity contribution in [1.29, 1.82) is 0 Å². The molecular weight excluding hydrogens is 1130 g/mol. The predicted octanol–water partition coefficient (Wildman–Crippen LogP) is 15.9. The van der Waals surface area contributed by atoms with Gasteiger partial charge in [-0.15, -0.1) is 0 Å². The van der Waals surface area contributed by atoms with E-state index in [-0.39, 0.29) is 0 Å². The number of halogens is 24. The number of fused-ring (bicyclic) bond motifs is 1. The average Bonchev–Trinajstić information content (AvgIpc) is 3.36. The lowest BCUT2D eigenvalue weighted by Gasteiger charge is -2.46. The Bertz CT molecular complexity index is 3070. The van der Waals surface area contributed by atoms with Crippen molar-refractivity contribution in [1.82, 2.24) is 0 Å². The zero-order valence-corrected chi connectivity index (χ0v) is 39.2. The minimum Gasteiger partial charge on any atom is -0.231 e. The van der Waals surface area contributed by atoms with Crippen molar-refractivity contribution in [3.05, 3.63) is 214 Å². The van der Waals surface area contributed by atoms with E-state index in [4.69, 9.17) is 4.84 Å². The monoisotopic (exact) mass is 1160 g/mol. The number of alkyl halides is 24. The van der Waals surface area contributed by atoms with Crippen LogP contribution in [0.1, 0.15) is 44.5 Å². The summed E-state index contributed by atoms with van der Waals surface area (Å²) in [7, 11) is 0. The SMILES string of the molecule is FC(F)(F)c1cc([B-](c2cc(C(F)(F)F)cc(C(F)(F)F)c2)(c2cc(C(F)(F)F)cc(C(F)(F)F)c2)c2cc(C(F)(F)F)cc(C(F)(F)F)c2)cc(C(F)(F)F)c1.c1ccc(-c2ccc(O[n+]3cccc4ccccc43)cc2)cc1. The first-order valence-electron chi connectivity index (χ1n) is 22.3. The van der Waals surface area contributed by atoms with Crippen LogP contribution >= 0.6 is 0 Å². The van der Waals surface area contributed by atoms with Crippen molar-refractivity contribution in [3.63, 3.8) is 0 Å². The minimum absolute atomic E-state index is 0.691. The molecule has 0 aliphatic rings. The molecule has 27 heteroatoms. The third kappa shape index (κ3) is 13.2. The van der Waals surface area contributed by atoms with Gasteiger partial charge in [0.2, 0.25) is 11.9 Å². The molecule has 0 fully saturated rings. The quantitative estimate of drug-likeness (QED) is 0.0881. The van der Waals surface area contributed by atoms with Crippen LogP contribution in [0.2, 0.25) is 0 Å². The molecule has 1 heterocycles. The van der Waals surface area contributed by atoms with Crippen molar-refractivity contribution >= 4 is 38.9 Å². The molecule has 0 atom stereocenters. The highest BCUT2D eigenvalue weighted by Crippen LogP contribution is 2.41. The lowest BCUT2D eigenvalue weighted by molar-refractivity contribution is -0.854. The van der Waals surface area contributed by atoms with Crippen LogP contribution in [0, 0.1) is 0 Å². The maximum absolute atomic E-state index is 14.2. The maximum Gasteiger partial charge on any atom is 0.416 e. The summed E-state index contributed by atoms with van der Waals surface area (Å²) in [6.07, 6.45) is -52.9. The van der Waals surface area contributed by atoms with Gasteiger partial charge in [-0.05, 0) is 59.7 Å². The molecule has 0 unspecified atom stereocenters. The fraction of sp³-hybridized carbons (Fsp3) is 0.151. The standard InChI is InChI=1S/C32H12BF24.C21H16NO/c34-25(35,36)13-1-14(26(37,38)39)6-21(5-13)33(22-7-15(27(40,41)42)2-16(8-22)28(43,44)45,23-9-17(29(46,47)48)3-18(10-23)30(49,50)51)24-11-19(31(52,53)54)4-20(12-24)32(55,56)57;1-2-7-17(8-3-1)18-12-14-20(15-13-18)23-22-16-6-10-19-9-4-5-11-21(19)22/h1-12H;1-16H/q-1;+1. The van der Waals surface area contributed by atoms with Crippen molar-refractivity contribution < 1.29 is 115 Å². The number of hydrogen-bond donors (Lipinski definition) is 0. The maximum atomic E-state index is 14.2. The first kappa shape index (κ1) is 59.8. The Morgan fingerprint density at radius 3 is 0.838 bits per heavy atom. The molecule has 0 bridgehead atoms. The first-order valence-corrected chi connectivity index (χ1v) is 22.3. The van der Waals surface area contributed by atoms with Gasteiger partial charge < -0.3 is 0 Å². The highest BCUT2D eigenvalue weighted by Gasteiger charge is 2.47. The lowest BCUT2D eigenvalue weighted by Crippen LogP contribution is -2.75. The van der Waals surface area contributed by atoms with Crippen LogP contribution in [0.15, 0.2) is 170 Å². The van der Waals surface area contributed by atoms with Crippen LogP contribution < -0.4 is 31.4 Å². The number of para-hydroxylation sites is 1. The second-order valence-corrected chi connectivity index (χ2v) is 17.6. The van der Waals surface area contributed by atoms with Crippen molar-refractivity contribution in [2.24, 2.45) is 0 Å². The normalized spacial score (nSPS) is 13.2. The van der Waals surface area contributed by atoms with E-state index >= 15 is 0 Å². The van der Waals surface area contributed by atoms with Crippen molar-refractivity contribution in [2.45, 2.75) is 49.4 Å². The van der Waals surface area contributed by atoms with Crippen molar-refractivity contribution in [3.8, 4) is 16.9 Å². The molecular formula is C53H28BF24NO. The van der Waals surface area contributed by atoms with E-state index in [9.17, 15) is 105 Å². The molecule has 0 amide bonds. The van der Waals surface area contributed by atoms with Gasteiger partial charge in [0.15, 0.2) is 0 Å². The number of benzene rings is 7. The zero-order chi connectivity index (χ0) is 59.4. The van der Waals surface area contributed by atoms with Gasteiger partial charge in [0.1, 0.15) is 6.15 Å². The topological polar surface area (TPSA) is 13.1 Å². The van der Waals surface area contributed by atoms with Gasteiger partial charge in [-0.1, -0.05) is 103 Å². The molecule has 1 aromatic heterocycles. The van der Waals surface area contributed by atoms with Crippen molar-refractivity contribution in [2.75, 3.05) is 0 Å². The summed E-state index contributed by atoms with van der Waals surface area (Å²) in [6, 6.07) is 21.9. The van der Waals surface area contributed by atoms with Gasteiger partial charge in [0.05, 0.1) is 49.9 Å². The number of hydrogen-bond acceptors (Lipinski definition) is 1.